The first-order valence-electron chi connectivity index (χ1n) is 7.61. The molecule has 1 nitrogen and oxygen atoms in total. The van der Waals surface area contributed by atoms with Crippen LogP contribution in [0.2, 0.25) is 0 Å². The van der Waals surface area contributed by atoms with Crippen LogP contribution in [-0.2, 0) is 0 Å². The van der Waals surface area contributed by atoms with Crippen LogP contribution in [0.15, 0.2) is 0 Å². The highest BCUT2D eigenvalue weighted by Gasteiger charge is 2.33. The molecule has 0 aliphatic rings. The molecular weight excluding hydrogens is 218 g/mol. The van der Waals surface area contributed by atoms with Crippen LogP contribution in [0.4, 0.5) is 0 Å². The molecular formula is C17H39N. The van der Waals surface area contributed by atoms with E-state index in [2.05, 4.69) is 67.6 Å². The van der Waals surface area contributed by atoms with Crippen LogP contribution in [0.3, 0.4) is 0 Å². The van der Waals surface area contributed by atoms with Crippen molar-refractivity contribution in [2.45, 2.75) is 76.2 Å². The van der Waals surface area contributed by atoms with Crippen molar-refractivity contribution in [1.82, 2.24) is 5.32 Å². The van der Waals surface area contributed by atoms with Crippen molar-refractivity contribution in [2.24, 2.45) is 22.2 Å². The van der Waals surface area contributed by atoms with Crippen LogP contribution < -0.4 is 5.32 Å². The lowest BCUT2D eigenvalue weighted by atomic mass is 9.69. The van der Waals surface area contributed by atoms with Crippen molar-refractivity contribution in [3.63, 3.8) is 0 Å². The molecule has 0 atom stereocenters. The SMILES string of the molecule is CC.CC(C)C(C)(C)CNCC(C)(C)C(C)(C)C. The summed E-state index contributed by atoms with van der Waals surface area (Å²) in [5.41, 5.74) is 1.07. The summed E-state index contributed by atoms with van der Waals surface area (Å²) in [5, 5.41) is 3.65. The Morgan fingerprint density at radius 1 is 0.778 bits per heavy atom. The summed E-state index contributed by atoms with van der Waals surface area (Å²) in [7, 11) is 0. The molecule has 0 aromatic rings. The number of hydrogen-bond donors (Lipinski definition) is 1. The second kappa shape index (κ2) is 7.53. The lowest BCUT2D eigenvalue weighted by Gasteiger charge is -2.40. The molecule has 0 aliphatic heterocycles. The Balaban J connectivity index is 0. The maximum atomic E-state index is 3.65. The van der Waals surface area contributed by atoms with Crippen molar-refractivity contribution >= 4 is 0 Å². The van der Waals surface area contributed by atoms with Crippen LogP contribution in [0.5, 0.6) is 0 Å². The van der Waals surface area contributed by atoms with Crippen LogP contribution in [0, 0.1) is 22.2 Å². The van der Waals surface area contributed by atoms with E-state index in [4.69, 9.17) is 0 Å². The molecule has 0 spiro atoms. The van der Waals surface area contributed by atoms with Crippen molar-refractivity contribution in [3.05, 3.63) is 0 Å². The van der Waals surface area contributed by atoms with Gasteiger partial charge in [-0.2, -0.15) is 0 Å². The fraction of sp³-hybridized carbons (Fsp3) is 1.00. The maximum absolute atomic E-state index is 3.65. The lowest BCUT2D eigenvalue weighted by Crippen LogP contribution is -2.43. The zero-order valence-corrected chi connectivity index (χ0v) is 15.0. The van der Waals surface area contributed by atoms with E-state index in [1.54, 1.807) is 0 Å². The molecule has 0 radical (unpaired) electrons. The summed E-state index contributed by atoms with van der Waals surface area (Å²) < 4.78 is 0. The predicted octanol–water partition coefficient (Wildman–Crippen LogP) is 5.36. The summed E-state index contributed by atoms with van der Waals surface area (Å²) in [5.74, 6) is 0.720. The van der Waals surface area contributed by atoms with Gasteiger partial charge in [0.15, 0.2) is 0 Å². The minimum absolute atomic E-state index is 0.333. The van der Waals surface area contributed by atoms with Crippen LogP contribution in [0.25, 0.3) is 0 Å². The molecule has 18 heavy (non-hydrogen) atoms. The van der Waals surface area contributed by atoms with Crippen molar-refractivity contribution in [2.75, 3.05) is 13.1 Å². The first kappa shape index (κ1) is 20.3. The van der Waals surface area contributed by atoms with Gasteiger partial charge in [0.2, 0.25) is 0 Å². The van der Waals surface area contributed by atoms with Crippen LogP contribution in [0.1, 0.15) is 76.2 Å². The smallest absolute Gasteiger partial charge is 0.000775 e. The molecule has 0 aromatic carbocycles. The number of nitrogens with one attached hydrogen (secondary N) is 1. The third-order valence-electron chi connectivity index (χ3n) is 4.74. The van der Waals surface area contributed by atoms with Crippen LogP contribution in [-0.4, -0.2) is 13.1 Å². The molecule has 1 N–H and O–H groups in total. The molecule has 0 heterocycles. The fourth-order valence-electron chi connectivity index (χ4n) is 1.17. The van der Waals surface area contributed by atoms with Gasteiger partial charge >= 0.3 is 0 Å². The Labute approximate surface area is 117 Å². The molecule has 0 unspecified atom stereocenters. The maximum Gasteiger partial charge on any atom is 0.000775 e. The van der Waals surface area contributed by atoms with E-state index in [1.807, 2.05) is 13.8 Å². The normalized spacial score (nSPS) is 13.3. The van der Waals surface area contributed by atoms with Gasteiger partial charge in [0, 0.05) is 13.1 Å². The first-order chi connectivity index (χ1) is 7.90. The van der Waals surface area contributed by atoms with E-state index in [9.17, 15) is 0 Å². The second-order valence-corrected chi connectivity index (χ2v) is 7.88. The summed E-state index contributed by atoms with van der Waals surface area (Å²) in [6.07, 6.45) is 0. The van der Waals surface area contributed by atoms with E-state index in [0.717, 1.165) is 19.0 Å². The molecule has 0 rings (SSSR count). The third-order valence-corrected chi connectivity index (χ3v) is 4.74. The topological polar surface area (TPSA) is 12.0 Å². The van der Waals surface area contributed by atoms with Gasteiger partial charge in [0.05, 0.1) is 0 Å². The van der Waals surface area contributed by atoms with Crippen molar-refractivity contribution in [3.8, 4) is 0 Å². The highest BCUT2D eigenvalue weighted by molar-refractivity contribution is 4.85. The van der Waals surface area contributed by atoms with Gasteiger partial charge in [0.25, 0.3) is 0 Å². The van der Waals surface area contributed by atoms with E-state index in [-0.39, 0.29) is 0 Å². The third kappa shape index (κ3) is 6.78. The summed E-state index contributed by atoms with van der Waals surface area (Å²) >= 11 is 0. The molecule has 0 saturated carbocycles. The molecule has 0 fully saturated rings. The zero-order valence-electron chi connectivity index (χ0n) is 15.0. The second-order valence-electron chi connectivity index (χ2n) is 7.88. The van der Waals surface area contributed by atoms with Gasteiger partial charge < -0.3 is 5.32 Å². The fourth-order valence-corrected chi connectivity index (χ4v) is 1.17. The lowest BCUT2D eigenvalue weighted by molar-refractivity contribution is 0.119. The summed E-state index contributed by atoms with van der Waals surface area (Å²) in [6, 6.07) is 0. The summed E-state index contributed by atoms with van der Waals surface area (Å²) in [6.45, 7) is 27.1. The monoisotopic (exact) mass is 257 g/mol. The number of rotatable bonds is 5. The molecule has 0 bridgehead atoms. The van der Waals surface area contributed by atoms with Crippen LogP contribution >= 0.6 is 0 Å². The van der Waals surface area contributed by atoms with Gasteiger partial charge in [-0.1, -0.05) is 76.2 Å². The van der Waals surface area contributed by atoms with Gasteiger partial charge in [-0.25, -0.2) is 0 Å². The quantitative estimate of drug-likeness (QED) is 0.699. The largest absolute Gasteiger partial charge is 0.316 e. The predicted molar refractivity (Wildman–Crippen MR) is 86.1 cm³/mol. The van der Waals surface area contributed by atoms with Crippen molar-refractivity contribution in [1.29, 1.82) is 0 Å². The summed E-state index contributed by atoms with van der Waals surface area (Å²) in [4.78, 5) is 0. The minimum atomic E-state index is 0.333. The first-order valence-corrected chi connectivity index (χ1v) is 7.61. The van der Waals surface area contributed by atoms with E-state index < -0.39 is 0 Å². The number of hydrogen-bond acceptors (Lipinski definition) is 1. The Hall–Kier alpha value is -0.0400. The van der Waals surface area contributed by atoms with Crippen molar-refractivity contribution < 1.29 is 0 Å². The van der Waals surface area contributed by atoms with Gasteiger partial charge in [-0.3, -0.25) is 0 Å². The Bertz CT molecular complexity index is 206. The Morgan fingerprint density at radius 2 is 1.17 bits per heavy atom. The zero-order chi connectivity index (χ0) is 15.2. The highest BCUT2D eigenvalue weighted by atomic mass is 14.9. The Kier molecular flexibility index (Phi) is 8.48. The molecule has 112 valence electrons. The minimum Gasteiger partial charge on any atom is -0.316 e. The van der Waals surface area contributed by atoms with E-state index in [1.165, 1.54) is 0 Å². The Morgan fingerprint density at radius 3 is 1.44 bits per heavy atom. The molecule has 1 heteroatoms. The van der Waals surface area contributed by atoms with Gasteiger partial charge in [-0.05, 0) is 22.2 Å². The van der Waals surface area contributed by atoms with E-state index in [0.29, 0.717) is 16.2 Å². The average molecular weight is 258 g/mol. The molecule has 0 saturated heterocycles. The highest BCUT2D eigenvalue weighted by Crippen LogP contribution is 2.37. The van der Waals surface area contributed by atoms with Gasteiger partial charge in [-0.15, -0.1) is 0 Å². The molecule has 0 amide bonds. The standard InChI is InChI=1S/C15H33N.C2H6/c1-12(2)14(6,7)10-16-11-15(8,9)13(3,4)5;1-2/h12,16H,10-11H2,1-9H3;1-2H3. The van der Waals surface area contributed by atoms with Gasteiger partial charge in [0.1, 0.15) is 0 Å². The molecule has 0 aromatic heterocycles. The average Bonchev–Trinajstić information content (AvgIpc) is 2.18. The van der Waals surface area contributed by atoms with E-state index >= 15 is 0 Å². The molecule has 0 aliphatic carbocycles.